The second-order valence-corrected chi connectivity index (χ2v) is 4.50. The largest absolute Gasteiger partial charge is 0.336 e. The van der Waals surface area contributed by atoms with Crippen molar-refractivity contribution in [3.8, 4) is 0 Å². The lowest BCUT2D eigenvalue weighted by Gasteiger charge is -2.25. The predicted molar refractivity (Wildman–Crippen MR) is 65.5 cm³/mol. The Kier molecular flexibility index (Phi) is 2.33. The third-order valence-electron chi connectivity index (χ3n) is 3.26. The summed E-state index contributed by atoms with van der Waals surface area (Å²) in [5.41, 5.74) is 2.27. The van der Waals surface area contributed by atoms with Crippen LogP contribution in [0.2, 0.25) is 0 Å². The Morgan fingerprint density at radius 3 is 2.67 bits per heavy atom. The van der Waals surface area contributed by atoms with Gasteiger partial charge in [0.2, 0.25) is 0 Å². The van der Waals surface area contributed by atoms with Crippen molar-refractivity contribution >= 4 is 11.9 Å². The molecule has 1 aromatic rings. The third-order valence-corrected chi connectivity index (χ3v) is 3.26. The number of likely N-dealkylation sites (N-methyl/N-ethyl adjacent to an activating group) is 1. The summed E-state index contributed by atoms with van der Waals surface area (Å²) in [6, 6.07) is 8.90. The number of nitrogens with one attached hydrogen (secondary N) is 2. The van der Waals surface area contributed by atoms with Gasteiger partial charge in [-0.15, -0.1) is 0 Å². The first kappa shape index (κ1) is 10.8. The smallest absolute Gasteiger partial charge is 0.319 e. The van der Waals surface area contributed by atoms with Crippen molar-refractivity contribution in [2.24, 2.45) is 0 Å². The molecule has 0 unspecified atom stereocenters. The Hall–Kier alpha value is -2.30. The molecule has 92 valence electrons. The predicted octanol–water partition coefficient (Wildman–Crippen LogP) is 0.767. The molecule has 1 atom stereocenters. The van der Waals surface area contributed by atoms with Crippen LogP contribution in [0.25, 0.3) is 0 Å². The standard InChI is InChI=1S/C13H13N3O2/c1-16-7-9-10(12(16)17)11(15-13(18)14-9)8-5-3-2-4-6-8/h2-6,11H,7H2,1H3,(H2,14,15,18)/t11-/m0/s1. The topological polar surface area (TPSA) is 61.4 Å². The fraction of sp³-hybridized carbons (Fsp3) is 0.231. The molecule has 3 amide bonds. The monoisotopic (exact) mass is 243 g/mol. The van der Waals surface area contributed by atoms with Gasteiger partial charge in [-0.2, -0.15) is 0 Å². The van der Waals surface area contributed by atoms with E-state index in [0.29, 0.717) is 17.8 Å². The molecule has 0 bridgehead atoms. The maximum Gasteiger partial charge on any atom is 0.319 e. The second kappa shape index (κ2) is 3.87. The van der Waals surface area contributed by atoms with Gasteiger partial charge in [-0.05, 0) is 5.56 Å². The van der Waals surface area contributed by atoms with Crippen molar-refractivity contribution in [1.29, 1.82) is 0 Å². The molecule has 2 N–H and O–H groups in total. The quantitative estimate of drug-likeness (QED) is 0.765. The molecule has 2 aliphatic rings. The van der Waals surface area contributed by atoms with Gasteiger partial charge >= 0.3 is 6.03 Å². The average molecular weight is 243 g/mol. The van der Waals surface area contributed by atoms with Gasteiger partial charge in [-0.25, -0.2) is 4.79 Å². The first-order valence-electron chi connectivity index (χ1n) is 5.78. The number of nitrogens with zero attached hydrogens (tertiary/aromatic N) is 1. The molecule has 2 aliphatic heterocycles. The minimum absolute atomic E-state index is 0.0358. The number of hydrogen-bond donors (Lipinski definition) is 2. The third kappa shape index (κ3) is 1.55. The van der Waals surface area contributed by atoms with Crippen LogP contribution in [-0.4, -0.2) is 30.4 Å². The zero-order valence-electron chi connectivity index (χ0n) is 9.93. The molecule has 3 rings (SSSR count). The molecular weight excluding hydrogens is 230 g/mol. The number of benzene rings is 1. The van der Waals surface area contributed by atoms with Crippen LogP contribution in [0.15, 0.2) is 41.6 Å². The fourth-order valence-electron chi connectivity index (χ4n) is 2.41. The van der Waals surface area contributed by atoms with Crippen LogP contribution in [0.5, 0.6) is 0 Å². The van der Waals surface area contributed by atoms with Crippen LogP contribution < -0.4 is 10.6 Å². The maximum atomic E-state index is 12.1. The molecule has 0 radical (unpaired) electrons. The Morgan fingerprint density at radius 1 is 1.22 bits per heavy atom. The van der Waals surface area contributed by atoms with Crippen molar-refractivity contribution < 1.29 is 9.59 Å². The second-order valence-electron chi connectivity index (χ2n) is 4.50. The highest BCUT2D eigenvalue weighted by atomic mass is 16.2. The number of rotatable bonds is 1. The van der Waals surface area contributed by atoms with E-state index in [0.717, 1.165) is 5.56 Å². The van der Waals surface area contributed by atoms with Crippen LogP contribution in [0.1, 0.15) is 11.6 Å². The van der Waals surface area contributed by atoms with Crippen LogP contribution in [0.3, 0.4) is 0 Å². The minimum Gasteiger partial charge on any atom is -0.336 e. The molecule has 0 saturated carbocycles. The van der Waals surface area contributed by atoms with Crippen molar-refractivity contribution in [2.75, 3.05) is 13.6 Å². The van der Waals surface area contributed by atoms with Crippen LogP contribution >= 0.6 is 0 Å². The molecule has 18 heavy (non-hydrogen) atoms. The number of urea groups is 1. The summed E-state index contributed by atoms with van der Waals surface area (Å²) in [7, 11) is 1.73. The summed E-state index contributed by atoms with van der Waals surface area (Å²) in [5.74, 6) is -0.0358. The summed E-state index contributed by atoms with van der Waals surface area (Å²) < 4.78 is 0. The molecule has 2 heterocycles. The average Bonchev–Trinajstić information content (AvgIpc) is 2.65. The Labute approximate surface area is 104 Å². The molecule has 0 aromatic heterocycles. The first-order valence-corrected chi connectivity index (χ1v) is 5.78. The molecule has 1 aromatic carbocycles. The molecule has 5 nitrogen and oxygen atoms in total. The molecular formula is C13H13N3O2. The van der Waals surface area contributed by atoms with Gasteiger partial charge in [0.25, 0.3) is 5.91 Å². The summed E-state index contributed by atoms with van der Waals surface area (Å²) in [6.07, 6.45) is 0. The number of carbonyl (C=O) groups excluding carboxylic acids is 2. The lowest BCUT2D eigenvalue weighted by Crippen LogP contribution is -2.44. The fourth-order valence-corrected chi connectivity index (χ4v) is 2.41. The summed E-state index contributed by atoms with van der Waals surface area (Å²) in [4.78, 5) is 25.3. The molecule has 0 aliphatic carbocycles. The number of carbonyl (C=O) groups is 2. The first-order chi connectivity index (χ1) is 8.66. The van der Waals surface area contributed by atoms with E-state index in [2.05, 4.69) is 10.6 Å². The van der Waals surface area contributed by atoms with E-state index in [1.807, 2.05) is 30.3 Å². The van der Waals surface area contributed by atoms with E-state index in [-0.39, 0.29) is 18.0 Å². The van der Waals surface area contributed by atoms with Crippen molar-refractivity contribution in [3.63, 3.8) is 0 Å². The van der Waals surface area contributed by atoms with Gasteiger partial charge < -0.3 is 15.5 Å². The van der Waals surface area contributed by atoms with Crippen LogP contribution in [0.4, 0.5) is 4.79 Å². The van der Waals surface area contributed by atoms with Crippen molar-refractivity contribution in [2.45, 2.75) is 6.04 Å². The molecule has 0 fully saturated rings. The summed E-state index contributed by atoms with van der Waals surface area (Å²) in [5, 5.41) is 5.51. The van der Waals surface area contributed by atoms with E-state index in [1.165, 1.54) is 0 Å². The van der Waals surface area contributed by atoms with E-state index in [1.54, 1.807) is 11.9 Å². The summed E-state index contributed by atoms with van der Waals surface area (Å²) in [6.45, 7) is 0.463. The van der Waals surface area contributed by atoms with Gasteiger partial charge in [0, 0.05) is 7.05 Å². The van der Waals surface area contributed by atoms with E-state index >= 15 is 0 Å². The highest BCUT2D eigenvalue weighted by Crippen LogP contribution is 2.31. The molecule has 5 heteroatoms. The van der Waals surface area contributed by atoms with E-state index in [9.17, 15) is 9.59 Å². The molecule has 0 saturated heterocycles. The highest BCUT2D eigenvalue weighted by molar-refractivity contribution is 6.01. The van der Waals surface area contributed by atoms with Gasteiger partial charge in [0.15, 0.2) is 0 Å². The van der Waals surface area contributed by atoms with E-state index < -0.39 is 0 Å². The van der Waals surface area contributed by atoms with Gasteiger partial charge in [0.1, 0.15) is 0 Å². The number of amides is 3. The van der Waals surface area contributed by atoms with Crippen LogP contribution in [-0.2, 0) is 4.79 Å². The van der Waals surface area contributed by atoms with Gasteiger partial charge in [-0.1, -0.05) is 30.3 Å². The zero-order chi connectivity index (χ0) is 12.7. The normalized spacial score (nSPS) is 22.7. The molecule has 0 spiro atoms. The number of hydrogen-bond acceptors (Lipinski definition) is 2. The van der Waals surface area contributed by atoms with Crippen molar-refractivity contribution in [1.82, 2.24) is 15.5 Å². The lowest BCUT2D eigenvalue weighted by atomic mass is 9.96. The maximum absolute atomic E-state index is 12.1. The SMILES string of the molecule is CN1CC2=C(C1=O)[C@H](c1ccccc1)NC(=O)N2. The van der Waals surface area contributed by atoms with Gasteiger partial charge in [0.05, 0.1) is 23.9 Å². The Balaban J connectivity index is 2.06. The lowest BCUT2D eigenvalue weighted by molar-refractivity contribution is -0.124. The highest BCUT2D eigenvalue weighted by Gasteiger charge is 2.38. The van der Waals surface area contributed by atoms with Crippen LogP contribution in [0, 0.1) is 0 Å². The van der Waals surface area contributed by atoms with Gasteiger partial charge in [-0.3, -0.25) is 4.79 Å². The zero-order valence-corrected chi connectivity index (χ0v) is 9.93. The minimum atomic E-state index is -0.354. The Bertz CT molecular complexity index is 551. The van der Waals surface area contributed by atoms with E-state index in [4.69, 9.17) is 0 Å². The summed E-state index contributed by atoms with van der Waals surface area (Å²) >= 11 is 0. The Morgan fingerprint density at radius 2 is 1.94 bits per heavy atom. The van der Waals surface area contributed by atoms with Crippen molar-refractivity contribution in [3.05, 3.63) is 47.2 Å².